The van der Waals surface area contributed by atoms with Gasteiger partial charge in [-0.15, -0.1) is 0 Å². The number of nitrogens with zero attached hydrogens (tertiary/aromatic N) is 2. The van der Waals surface area contributed by atoms with Gasteiger partial charge in [0.25, 0.3) is 11.2 Å². The zero-order valence-electron chi connectivity index (χ0n) is 7.82. The number of hydrogen-bond donors (Lipinski definition) is 3. The molecule has 1 aromatic heterocycles. The quantitative estimate of drug-likeness (QED) is 0.349. The Morgan fingerprint density at radius 2 is 2.19 bits per heavy atom. The fourth-order valence-corrected chi connectivity index (χ4v) is 1.06. The first-order valence-corrected chi connectivity index (χ1v) is 4.10. The van der Waals surface area contributed by atoms with E-state index in [9.17, 15) is 20.0 Å². The number of pyridine rings is 1. The molecule has 2 unspecified atom stereocenters. The fraction of sp³-hybridized carbons (Fsp3) is 0.250. The Balaban J connectivity index is 3.23. The van der Waals surface area contributed by atoms with Crippen molar-refractivity contribution in [1.29, 1.82) is 5.26 Å². The van der Waals surface area contributed by atoms with Crippen LogP contribution in [-0.4, -0.2) is 26.2 Å². The lowest BCUT2D eigenvalue weighted by atomic mass is 10.1. The summed E-state index contributed by atoms with van der Waals surface area (Å²) < 4.78 is 0. The second-order valence-electron chi connectivity index (χ2n) is 2.92. The normalized spacial score (nSPS) is 13.8. The summed E-state index contributed by atoms with van der Waals surface area (Å²) in [5, 5.41) is 37.1. The molecule has 0 aromatic carbocycles. The summed E-state index contributed by atoms with van der Waals surface area (Å²) in [6, 6.07) is 2.13. The first-order valence-electron chi connectivity index (χ1n) is 4.10. The summed E-state index contributed by atoms with van der Waals surface area (Å²) in [6.07, 6.45) is -2.74. The number of hydrogen-bond acceptors (Lipinski definition) is 6. The zero-order chi connectivity index (χ0) is 12.3. The van der Waals surface area contributed by atoms with E-state index in [1.165, 1.54) is 6.07 Å². The average Bonchev–Trinajstić information content (AvgIpc) is 2.27. The van der Waals surface area contributed by atoms with E-state index in [0.29, 0.717) is 0 Å². The van der Waals surface area contributed by atoms with Crippen molar-refractivity contribution in [3.05, 3.63) is 38.3 Å². The Hall–Kier alpha value is -2.24. The largest absolute Gasteiger partial charge is 0.384 e. The Morgan fingerprint density at radius 3 is 2.69 bits per heavy atom. The van der Waals surface area contributed by atoms with Crippen LogP contribution in [0.25, 0.3) is 0 Å². The average molecular weight is 225 g/mol. The van der Waals surface area contributed by atoms with Gasteiger partial charge in [-0.1, -0.05) is 0 Å². The number of nitro groups is 1. The smallest absolute Gasteiger partial charge is 0.285 e. The van der Waals surface area contributed by atoms with Gasteiger partial charge in [0, 0.05) is 6.07 Å². The highest BCUT2D eigenvalue weighted by Gasteiger charge is 2.23. The lowest BCUT2D eigenvalue weighted by Crippen LogP contribution is -2.24. The van der Waals surface area contributed by atoms with Gasteiger partial charge in [-0.2, -0.15) is 5.26 Å². The third-order valence-corrected chi connectivity index (χ3v) is 1.88. The Labute approximate surface area is 88.5 Å². The van der Waals surface area contributed by atoms with Gasteiger partial charge in [0.05, 0.1) is 22.8 Å². The van der Waals surface area contributed by atoms with Gasteiger partial charge in [0.1, 0.15) is 6.10 Å². The van der Waals surface area contributed by atoms with Gasteiger partial charge in [0.2, 0.25) is 0 Å². The molecule has 0 aliphatic carbocycles. The van der Waals surface area contributed by atoms with E-state index in [1.54, 1.807) is 0 Å². The van der Waals surface area contributed by atoms with E-state index in [2.05, 4.69) is 0 Å². The summed E-state index contributed by atoms with van der Waals surface area (Å²) in [5.41, 5.74) is -1.67. The number of aliphatic hydroxyl groups excluding tert-OH is 2. The molecule has 0 amide bonds. The molecule has 0 spiro atoms. The summed E-state index contributed by atoms with van der Waals surface area (Å²) >= 11 is 0. The van der Waals surface area contributed by atoms with Crippen LogP contribution in [0.3, 0.4) is 0 Å². The van der Waals surface area contributed by atoms with E-state index in [0.717, 1.165) is 12.3 Å². The highest BCUT2D eigenvalue weighted by atomic mass is 16.6. The summed E-state index contributed by atoms with van der Waals surface area (Å²) in [4.78, 5) is 22.9. The van der Waals surface area contributed by atoms with Gasteiger partial charge >= 0.3 is 0 Å². The van der Waals surface area contributed by atoms with Crippen molar-refractivity contribution in [3.8, 4) is 6.07 Å². The number of aromatic nitrogens is 1. The van der Waals surface area contributed by atoms with Crippen LogP contribution in [0.2, 0.25) is 0 Å². The maximum absolute atomic E-state index is 11.2. The molecule has 0 aliphatic rings. The molecule has 8 heteroatoms. The molecule has 1 aromatic rings. The molecule has 1 heterocycles. The van der Waals surface area contributed by atoms with Crippen molar-refractivity contribution in [2.75, 3.05) is 0 Å². The molecule has 0 saturated heterocycles. The molecule has 0 fully saturated rings. The van der Waals surface area contributed by atoms with Crippen LogP contribution in [0.1, 0.15) is 11.7 Å². The van der Waals surface area contributed by atoms with Gasteiger partial charge in [-0.05, 0) is 0 Å². The van der Waals surface area contributed by atoms with Crippen LogP contribution >= 0.6 is 0 Å². The molecule has 3 N–H and O–H groups in total. The molecule has 84 valence electrons. The molecule has 0 bridgehead atoms. The van der Waals surface area contributed by atoms with Crippen LogP contribution < -0.4 is 5.56 Å². The Morgan fingerprint density at radius 1 is 1.56 bits per heavy atom. The predicted octanol–water partition coefficient (Wildman–Crippen LogP) is -0.799. The SMILES string of the molecule is N#CC(O)C(O)c1cc([N+](=O)[O-])c[nH]c1=O. The molecule has 0 saturated carbocycles. The van der Waals surface area contributed by atoms with Crippen molar-refractivity contribution < 1.29 is 15.1 Å². The second-order valence-corrected chi connectivity index (χ2v) is 2.92. The molecule has 1 rings (SSSR count). The molecular weight excluding hydrogens is 218 g/mol. The first kappa shape index (κ1) is 11.8. The predicted molar refractivity (Wildman–Crippen MR) is 50.3 cm³/mol. The molecule has 8 nitrogen and oxygen atoms in total. The first-order chi connectivity index (χ1) is 7.47. The number of aliphatic hydroxyl groups is 2. The van der Waals surface area contributed by atoms with Crippen LogP contribution in [0.5, 0.6) is 0 Å². The van der Waals surface area contributed by atoms with Crippen molar-refractivity contribution in [2.24, 2.45) is 0 Å². The van der Waals surface area contributed by atoms with Crippen molar-refractivity contribution in [1.82, 2.24) is 4.98 Å². The molecule has 0 aliphatic heterocycles. The van der Waals surface area contributed by atoms with Gasteiger partial charge in [-0.25, -0.2) is 0 Å². The zero-order valence-corrected chi connectivity index (χ0v) is 7.82. The lowest BCUT2D eigenvalue weighted by molar-refractivity contribution is -0.385. The van der Waals surface area contributed by atoms with E-state index >= 15 is 0 Å². The topological polar surface area (TPSA) is 140 Å². The standard InChI is InChI=1S/C8H7N3O5/c9-2-6(12)7(13)5-1-4(11(15)16)3-10-8(5)14/h1,3,6-7,12-13H,(H,10,14). The molecule has 2 atom stereocenters. The number of rotatable bonds is 3. The maximum atomic E-state index is 11.2. The molecular formula is C8H7N3O5. The third kappa shape index (κ3) is 2.22. The lowest BCUT2D eigenvalue weighted by Gasteiger charge is -2.09. The number of nitrogens with one attached hydrogen (secondary N) is 1. The van der Waals surface area contributed by atoms with E-state index < -0.39 is 33.9 Å². The third-order valence-electron chi connectivity index (χ3n) is 1.88. The fourth-order valence-electron chi connectivity index (χ4n) is 1.06. The number of nitriles is 1. The van der Waals surface area contributed by atoms with Crippen molar-refractivity contribution in [3.63, 3.8) is 0 Å². The van der Waals surface area contributed by atoms with Gasteiger partial charge in [-0.3, -0.25) is 14.9 Å². The van der Waals surface area contributed by atoms with E-state index in [1.807, 2.05) is 4.98 Å². The van der Waals surface area contributed by atoms with Gasteiger partial charge in [0.15, 0.2) is 6.10 Å². The van der Waals surface area contributed by atoms with Crippen molar-refractivity contribution >= 4 is 5.69 Å². The minimum absolute atomic E-state index is 0.428. The van der Waals surface area contributed by atoms with E-state index in [-0.39, 0.29) is 0 Å². The number of aromatic amines is 1. The van der Waals surface area contributed by atoms with Crippen LogP contribution in [0.15, 0.2) is 17.1 Å². The van der Waals surface area contributed by atoms with Crippen LogP contribution in [0, 0.1) is 21.4 Å². The second kappa shape index (κ2) is 4.52. The van der Waals surface area contributed by atoms with Crippen molar-refractivity contribution in [2.45, 2.75) is 12.2 Å². The van der Waals surface area contributed by atoms with Gasteiger partial charge < -0.3 is 15.2 Å². The van der Waals surface area contributed by atoms with Crippen LogP contribution in [-0.2, 0) is 0 Å². The van der Waals surface area contributed by atoms with E-state index in [4.69, 9.17) is 10.4 Å². The molecule has 16 heavy (non-hydrogen) atoms. The maximum Gasteiger partial charge on any atom is 0.285 e. The highest BCUT2D eigenvalue weighted by molar-refractivity contribution is 5.32. The van der Waals surface area contributed by atoms with Crippen LogP contribution in [0.4, 0.5) is 5.69 Å². The molecule has 0 radical (unpaired) electrons. The summed E-state index contributed by atoms with van der Waals surface area (Å²) in [7, 11) is 0. The Bertz CT molecular complexity index is 503. The monoisotopic (exact) mass is 225 g/mol. The number of H-pyrrole nitrogens is 1. The summed E-state index contributed by atoms with van der Waals surface area (Å²) in [6.45, 7) is 0. The Kier molecular flexibility index (Phi) is 3.34. The minimum Gasteiger partial charge on any atom is -0.384 e. The summed E-state index contributed by atoms with van der Waals surface area (Å²) in [5.74, 6) is 0. The highest BCUT2D eigenvalue weighted by Crippen LogP contribution is 2.16. The minimum atomic E-state index is -1.82.